The lowest BCUT2D eigenvalue weighted by molar-refractivity contribution is 0.146. The van der Waals surface area contributed by atoms with Crippen LogP contribution in [0.25, 0.3) is 22.3 Å². The molecule has 0 fully saturated rings. The van der Waals surface area contributed by atoms with Crippen LogP contribution < -0.4 is 0 Å². The molecule has 2 aromatic rings. The van der Waals surface area contributed by atoms with E-state index in [0.29, 0.717) is 13.2 Å². The second-order valence-electron chi connectivity index (χ2n) is 12.0. The van der Waals surface area contributed by atoms with Gasteiger partial charge in [0.15, 0.2) is 0 Å². The topological polar surface area (TPSA) is 9.23 Å². The zero-order valence-corrected chi connectivity index (χ0v) is 24.5. The number of rotatable bonds is 11. The second-order valence-corrected chi connectivity index (χ2v) is 12.0. The highest BCUT2D eigenvalue weighted by atomic mass is 16.5. The van der Waals surface area contributed by atoms with E-state index in [4.69, 9.17) is 4.74 Å². The molecule has 0 amide bonds. The summed E-state index contributed by atoms with van der Waals surface area (Å²) in [7, 11) is 0. The minimum atomic E-state index is 0.0925. The monoisotopic (exact) mass is 527 g/mol. The van der Waals surface area contributed by atoms with Crippen LogP contribution in [-0.2, 0) is 16.8 Å². The van der Waals surface area contributed by atoms with Gasteiger partial charge in [-0.2, -0.15) is 0 Å². The Morgan fingerprint density at radius 1 is 0.850 bits per heavy atom. The molecule has 0 spiro atoms. The summed E-state index contributed by atoms with van der Waals surface area (Å²) in [6.07, 6.45) is 28.3. The highest BCUT2D eigenvalue weighted by Gasteiger charge is 2.48. The lowest BCUT2D eigenvalue weighted by Crippen LogP contribution is -2.26. The summed E-state index contributed by atoms with van der Waals surface area (Å²) in [4.78, 5) is 0. The van der Waals surface area contributed by atoms with Crippen LogP contribution in [0.2, 0.25) is 0 Å². The maximum absolute atomic E-state index is 6.11. The first-order valence-corrected chi connectivity index (χ1v) is 15.7. The molecule has 40 heavy (non-hydrogen) atoms. The average molecular weight is 528 g/mol. The molecular weight excluding hydrogens is 484 g/mol. The van der Waals surface area contributed by atoms with Crippen molar-refractivity contribution in [3.05, 3.63) is 112 Å². The smallest absolute Gasteiger partial charge is 0.107 e. The van der Waals surface area contributed by atoms with Crippen LogP contribution in [0.3, 0.4) is 0 Å². The molecule has 1 heteroatoms. The zero-order chi connectivity index (χ0) is 27.4. The van der Waals surface area contributed by atoms with E-state index in [2.05, 4.69) is 92.4 Å². The van der Waals surface area contributed by atoms with Crippen molar-refractivity contribution in [2.24, 2.45) is 0 Å². The van der Waals surface area contributed by atoms with E-state index in [0.717, 1.165) is 6.42 Å². The first-order valence-electron chi connectivity index (χ1n) is 15.7. The van der Waals surface area contributed by atoms with Gasteiger partial charge in [0, 0.05) is 11.6 Å². The highest BCUT2D eigenvalue weighted by Crippen LogP contribution is 2.54. The lowest BCUT2D eigenvalue weighted by atomic mass is 9.69. The van der Waals surface area contributed by atoms with Gasteiger partial charge >= 0.3 is 0 Å². The SMILES string of the molecule is CCCCCCC1(CCCCCC)C2=C(C=C[C+]=C2)c2ccc(-c3ccc4c(c3)COCC3=C4CC=C=C3)cc21. The lowest BCUT2D eigenvalue weighted by Gasteiger charge is -2.31. The van der Waals surface area contributed by atoms with Gasteiger partial charge in [0.2, 0.25) is 0 Å². The van der Waals surface area contributed by atoms with Crippen molar-refractivity contribution >= 4 is 11.1 Å². The van der Waals surface area contributed by atoms with Gasteiger partial charge in [-0.05, 0) is 82.5 Å². The number of ether oxygens (including phenoxy) is 1. The van der Waals surface area contributed by atoms with E-state index < -0.39 is 0 Å². The predicted molar refractivity (Wildman–Crippen MR) is 169 cm³/mol. The number of hydrogen-bond donors (Lipinski definition) is 0. The molecular formula is C39H43O+. The third-order valence-electron chi connectivity index (χ3n) is 9.47. The van der Waals surface area contributed by atoms with Crippen LogP contribution in [0, 0.1) is 6.08 Å². The summed E-state index contributed by atoms with van der Waals surface area (Å²) >= 11 is 0. The van der Waals surface area contributed by atoms with Gasteiger partial charge in [-0.25, -0.2) is 0 Å². The van der Waals surface area contributed by atoms with Crippen molar-refractivity contribution in [1.29, 1.82) is 0 Å². The Labute approximate surface area is 241 Å². The standard InChI is InChI=1S/C39H43O/c1-3-5-7-13-23-39(24-14-8-6-4-2)37-18-12-11-17-35(37)36-22-20-30(26-38(36)39)29-19-21-34-32(25-29)28-40-27-31-15-9-10-16-33(31)34/h10-11,15,17-22,25-26H,3-8,13-14,16,23-24,27-28H2,1-2H3/q+1. The molecule has 0 radical (unpaired) electrons. The molecule has 1 aliphatic heterocycles. The molecule has 2 aromatic carbocycles. The fraction of sp³-hybridized carbons (Fsp3) is 0.410. The van der Waals surface area contributed by atoms with Crippen molar-refractivity contribution in [2.45, 2.75) is 96.5 Å². The largest absolute Gasteiger partial charge is 0.372 e. The number of unbranched alkanes of at least 4 members (excludes halogenated alkanes) is 6. The molecule has 0 bridgehead atoms. The van der Waals surface area contributed by atoms with Crippen molar-refractivity contribution in [1.82, 2.24) is 0 Å². The molecule has 0 atom stereocenters. The van der Waals surface area contributed by atoms with Gasteiger partial charge in [-0.15, -0.1) is 5.73 Å². The minimum Gasteiger partial charge on any atom is -0.372 e. The molecule has 0 N–H and O–H groups in total. The second kappa shape index (κ2) is 12.1. The Hall–Kier alpha value is -3.21. The van der Waals surface area contributed by atoms with Crippen LogP contribution >= 0.6 is 0 Å². The number of hydrogen-bond acceptors (Lipinski definition) is 1. The molecule has 4 aliphatic rings. The summed E-state index contributed by atoms with van der Waals surface area (Å²) in [5, 5.41) is 0. The first-order chi connectivity index (χ1) is 19.7. The molecule has 1 nitrogen and oxygen atoms in total. The summed E-state index contributed by atoms with van der Waals surface area (Å²) in [6, 6.07) is 14.3. The molecule has 3 aliphatic carbocycles. The van der Waals surface area contributed by atoms with Crippen molar-refractivity contribution in [3.8, 4) is 11.1 Å². The van der Waals surface area contributed by atoms with Gasteiger partial charge in [0.25, 0.3) is 0 Å². The summed E-state index contributed by atoms with van der Waals surface area (Å²) in [6.45, 7) is 5.96. The summed E-state index contributed by atoms with van der Waals surface area (Å²) in [5.74, 6) is 0. The van der Waals surface area contributed by atoms with E-state index in [9.17, 15) is 0 Å². The van der Waals surface area contributed by atoms with Crippen LogP contribution in [-0.4, -0.2) is 6.61 Å². The average Bonchev–Trinajstić information content (AvgIpc) is 3.13. The van der Waals surface area contributed by atoms with Gasteiger partial charge in [-0.1, -0.05) is 89.5 Å². The first kappa shape index (κ1) is 27.0. The van der Waals surface area contributed by atoms with Crippen LogP contribution in [0.1, 0.15) is 107 Å². The Balaban J connectivity index is 1.40. The fourth-order valence-electron chi connectivity index (χ4n) is 7.34. The molecule has 204 valence electrons. The summed E-state index contributed by atoms with van der Waals surface area (Å²) < 4.78 is 6.11. The van der Waals surface area contributed by atoms with Crippen molar-refractivity contribution in [2.75, 3.05) is 6.61 Å². The van der Waals surface area contributed by atoms with Crippen molar-refractivity contribution < 1.29 is 4.74 Å². The molecule has 1 heterocycles. The van der Waals surface area contributed by atoms with Crippen LogP contribution in [0.4, 0.5) is 0 Å². The van der Waals surface area contributed by atoms with Crippen LogP contribution in [0.15, 0.2) is 83.7 Å². The molecule has 6 rings (SSSR count). The van der Waals surface area contributed by atoms with Gasteiger partial charge in [0.05, 0.1) is 35.9 Å². The minimum absolute atomic E-state index is 0.0925. The molecule has 0 aromatic heterocycles. The Morgan fingerprint density at radius 2 is 1.60 bits per heavy atom. The number of fused-ring (bicyclic) bond motifs is 4. The van der Waals surface area contributed by atoms with Gasteiger partial charge in [-0.3, -0.25) is 0 Å². The molecule has 0 saturated carbocycles. The third-order valence-corrected chi connectivity index (χ3v) is 9.47. The van der Waals surface area contributed by atoms with E-state index in [1.807, 2.05) is 0 Å². The highest BCUT2D eigenvalue weighted by molar-refractivity contribution is 5.90. The van der Waals surface area contributed by atoms with E-state index in [1.165, 1.54) is 114 Å². The van der Waals surface area contributed by atoms with Gasteiger partial charge < -0.3 is 4.74 Å². The van der Waals surface area contributed by atoms with E-state index in [1.54, 1.807) is 5.56 Å². The number of allylic oxidation sites excluding steroid dienone is 7. The quantitative estimate of drug-likeness (QED) is 0.160. The fourth-order valence-corrected chi connectivity index (χ4v) is 7.34. The normalized spacial score (nSPS) is 17.9. The number of benzene rings is 2. The maximum atomic E-state index is 6.11. The maximum Gasteiger partial charge on any atom is 0.107 e. The van der Waals surface area contributed by atoms with Crippen LogP contribution in [0.5, 0.6) is 0 Å². The Bertz CT molecular complexity index is 1440. The predicted octanol–water partition coefficient (Wildman–Crippen LogP) is 10.6. The molecule has 0 unspecified atom stereocenters. The van der Waals surface area contributed by atoms with E-state index in [-0.39, 0.29) is 5.41 Å². The van der Waals surface area contributed by atoms with Crippen molar-refractivity contribution in [3.63, 3.8) is 0 Å². The van der Waals surface area contributed by atoms with E-state index >= 15 is 0 Å². The van der Waals surface area contributed by atoms with Gasteiger partial charge in [0.1, 0.15) is 12.2 Å². The summed E-state index contributed by atoms with van der Waals surface area (Å²) in [5.41, 5.74) is 17.2. The Morgan fingerprint density at radius 3 is 2.38 bits per heavy atom. The Kier molecular flexibility index (Phi) is 8.17. The molecule has 0 saturated heterocycles. The third kappa shape index (κ3) is 5.04. The zero-order valence-electron chi connectivity index (χ0n) is 24.5.